The number of methoxy groups -OCH3 is 1. The number of amides is 1. The van der Waals surface area contributed by atoms with Gasteiger partial charge < -0.3 is 20.1 Å². The van der Waals surface area contributed by atoms with Crippen molar-refractivity contribution < 1.29 is 14.6 Å². The average molecular weight is 315 g/mol. The number of hydrogen-bond acceptors (Lipinski definition) is 5. The van der Waals surface area contributed by atoms with E-state index in [9.17, 15) is 9.90 Å². The summed E-state index contributed by atoms with van der Waals surface area (Å²) in [6, 6.07) is 3.10. The number of likely N-dealkylation sites (tertiary alicyclic amines) is 1. The molecule has 122 valence electrons. The van der Waals surface area contributed by atoms with E-state index >= 15 is 0 Å². The lowest BCUT2D eigenvalue weighted by atomic mass is 10.00. The molecule has 1 fully saturated rings. The SMILES string of the molecule is COC1CC=C(C(=O)Nc2ncccc2O)C=C1N1CCCC1. The van der Waals surface area contributed by atoms with Gasteiger partial charge in [-0.3, -0.25) is 4.79 Å². The van der Waals surface area contributed by atoms with E-state index in [1.165, 1.54) is 25.1 Å². The van der Waals surface area contributed by atoms with Crippen LogP contribution in [0.1, 0.15) is 19.3 Å². The molecule has 1 aliphatic carbocycles. The zero-order chi connectivity index (χ0) is 16.2. The van der Waals surface area contributed by atoms with E-state index in [0.29, 0.717) is 12.0 Å². The average Bonchev–Trinajstić information content (AvgIpc) is 3.10. The topological polar surface area (TPSA) is 74.7 Å². The Morgan fingerprint density at radius 1 is 1.43 bits per heavy atom. The first-order valence-corrected chi connectivity index (χ1v) is 7.84. The van der Waals surface area contributed by atoms with E-state index in [1.807, 2.05) is 12.2 Å². The predicted molar refractivity (Wildman–Crippen MR) is 86.9 cm³/mol. The van der Waals surface area contributed by atoms with E-state index in [0.717, 1.165) is 18.8 Å². The van der Waals surface area contributed by atoms with Crippen LogP contribution in [0.3, 0.4) is 0 Å². The fourth-order valence-electron chi connectivity index (χ4n) is 2.98. The van der Waals surface area contributed by atoms with Crippen molar-refractivity contribution >= 4 is 11.7 Å². The Hall–Kier alpha value is -2.34. The van der Waals surface area contributed by atoms with Gasteiger partial charge in [-0.15, -0.1) is 0 Å². The minimum atomic E-state index is -0.273. The number of ether oxygens (including phenoxy) is 1. The van der Waals surface area contributed by atoms with Gasteiger partial charge in [-0.1, -0.05) is 6.08 Å². The normalized spacial score (nSPS) is 20.9. The molecule has 0 spiro atoms. The number of hydrogen-bond donors (Lipinski definition) is 2. The molecule has 1 atom stereocenters. The number of aromatic nitrogens is 1. The maximum atomic E-state index is 12.4. The molecule has 0 aromatic carbocycles. The molecular weight excluding hydrogens is 294 g/mol. The van der Waals surface area contributed by atoms with Crippen LogP contribution < -0.4 is 5.32 Å². The monoisotopic (exact) mass is 315 g/mol. The maximum absolute atomic E-state index is 12.4. The lowest BCUT2D eigenvalue weighted by molar-refractivity contribution is -0.112. The standard InChI is InChI=1S/C17H21N3O3/c1-23-15-7-6-12(11-13(15)20-9-2-3-10-20)17(22)19-16-14(21)5-4-8-18-16/h4-6,8,11,15,21H,2-3,7,9-10H2,1H3,(H,18,19,22). The number of nitrogens with one attached hydrogen (secondary N) is 1. The molecule has 1 saturated heterocycles. The molecule has 2 N–H and O–H groups in total. The molecule has 6 nitrogen and oxygen atoms in total. The Bertz CT molecular complexity index is 648. The molecule has 2 aliphatic rings. The van der Waals surface area contributed by atoms with Crippen LogP contribution in [0.4, 0.5) is 5.82 Å². The molecule has 1 aromatic rings. The second kappa shape index (κ2) is 6.83. The third-order valence-electron chi connectivity index (χ3n) is 4.22. The minimum Gasteiger partial charge on any atom is -0.504 e. The van der Waals surface area contributed by atoms with Crippen LogP contribution in [0, 0.1) is 0 Å². The highest BCUT2D eigenvalue weighted by Crippen LogP contribution is 2.27. The summed E-state index contributed by atoms with van der Waals surface area (Å²) >= 11 is 0. The van der Waals surface area contributed by atoms with Gasteiger partial charge in [0, 0.05) is 37.7 Å². The minimum absolute atomic E-state index is 0.00657. The van der Waals surface area contributed by atoms with E-state index in [1.54, 1.807) is 13.2 Å². The van der Waals surface area contributed by atoms with Crippen LogP contribution in [-0.2, 0) is 9.53 Å². The van der Waals surface area contributed by atoms with E-state index < -0.39 is 0 Å². The van der Waals surface area contributed by atoms with Crippen molar-refractivity contribution in [1.82, 2.24) is 9.88 Å². The molecule has 1 amide bonds. The number of rotatable bonds is 4. The number of anilines is 1. The van der Waals surface area contributed by atoms with E-state index in [4.69, 9.17) is 4.74 Å². The molecular formula is C17H21N3O3. The lowest BCUT2D eigenvalue weighted by Gasteiger charge is -2.30. The summed E-state index contributed by atoms with van der Waals surface area (Å²) in [6.07, 6.45) is 8.27. The van der Waals surface area contributed by atoms with Crippen LogP contribution in [0.2, 0.25) is 0 Å². The molecule has 23 heavy (non-hydrogen) atoms. The largest absolute Gasteiger partial charge is 0.504 e. The van der Waals surface area contributed by atoms with Crippen molar-refractivity contribution in [1.29, 1.82) is 0 Å². The molecule has 3 rings (SSSR count). The summed E-state index contributed by atoms with van der Waals surface area (Å²) in [5.41, 5.74) is 1.63. The first-order chi connectivity index (χ1) is 11.2. The molecule has 1 aliphatic heterocycles. The van der Waals surface area contributed by atoms with Gasteiger partial charge in [-0.2, -0.15) is 0 Å². The summed E-state index contributed by atoms with van der Waals surface area (Å²) in [4.78, 5) is 18.7. The molecule has 0 radical (unpaired) electrons. The number of pyridine rings is 1. The van der Waals surface area contributed by atoms with Crippen LogP contribution in [0.5, 0.6) is 5.75 Å². The van der Waals surface area contributed by atoms with Gasteiger partial charge >= 0.3 is 0 Å². The van der Waals surface area contributed by atoms with Gasteiger partial charge in [0.1, 0.15) is 6.10 Å². The van der Waals surface area contributed by atoms with Gasteiger partial charge in [0.25, 0.3) is 5.91 Å². The van der Waals surface area contributed by atoms with Crippen molar-refractivity contribution in [2.45, 2.75) is 25.4 Å². The fraction of sp³-hybridized carbons (Fsp3) is 0.412. The Kier molecular flexibility index (Phi) is 4.62. The first kappa shape index (κ1) is 15.6. The summed E-state index contributed by atoms with van der Waals surface area (Å²) < 4.78 is 5.54. The van der Waals surface area contributed by atoms with Crippen LogP contribution in [0.25, 0.3) is 0 Å². The number of aromatic hydroxyl groups is 1. The first-order valence-electron chi connectivity index (χ1n) is 7.84. The van der Waals surface area contributed by atoms with Gasteiger partial charge in [0.05, 0.1) is 0 Å². The number of nitrogens with zero attached hydrogens (tertiary/aromatic N) is 2. The summed E-state index contributed by atoms with van der Waals surface area (Å²) in [6.45, 7) is 2.00. The van der Waals surface area contributed by atoms with Crippen molar-refractivity contribution in [3.63, 3.8) is 0 Å². The van der Waals surface area contributed by atoms with Gasteiger partial charge in [0.15, 0.2) is 11.6 Å². The fourth-order valence-corrected chi connectivity index (χ4v) is 2.98. The molecule has 6 heteroatoms. The van der Waals surface area contributed by atoms with Crippen molar-refractivity contribution in [2.24, 2.45) is 0 Å². The third-order valence-corrected chi connectivity index (χ3v) is 4.22. The van der Waals surface area contributed by atoms with E-state index in [2.05, 4.69) is 15.2 Å². The Balaban J connectivity index is 1.78. The molecule has 2 heterocycles. The van der Waals surface area contributed by atoms with Crippen molar-refractivity contribution in [2.75, 3.05) is 25.5 Å². The summed E-state index contributed by atoms with van der Waals surface area (Å²) in [5.74, 6) is -0.149. The predicted octanol–water partition coefficient (Wildman–Crippen LogP) is 2.05. The quantitative estimate of drug-likeness (QED) is 0.889. The Labute approximate surface area is 135 Å². The maximum Gasteiger partial charge on any atom is 0.256 e. The lowest BCUT2D eigenvalue weighted by Crippen LogP contribution is -2.31. The van der Waals surface area contributed by atoms with Gasteiger partial charge in [0.2, 0.25) is 0 Å². The zero-order valence-electron chi connectivity index (χ0n) is 13.2. The Morgan fingerprint density at radius 3 is 2.91 bits per heavy atom. The summed E-state index contributed by atoms with van der Waals surface area (Å²) in [5, 5.41) is 12.4. The van der Waals surface area contributed by atoms with Crippen LogP contribution >= 0.6 is 0 Å². The highest BCUT2D eigenvalue weighted by Gasteiger charge is 2.26. The number of carbonyl (C=O) groups excluding carboxylic acids is 1. The van der Waals surface area contributed by atoms with Crippen LogP contribution in [-0.4, -0.2) is 47.2 Å². The highest BCUT2D eigenvalue weighted by atomic mass is 16.5. The summed E-state index contributed by atoms with van der Waals surface area (Å²) in [7, 11) is 1.69. The molecule has 0 bridgehead atoms. The van der Waals surface area contributed by atoms with Crippen molar-refractivity contribution in [3.8, 4) is 5.75 Å². The smallest absolute Gasteiger partial charge is 0.256 e. The van der Waals surface area contributed by atoms with E-state index in [-0.39, 0.29) is 23.6 Å². The second-order valence-corrected chi connectivity index (χ2v) is 5.71. The van der Waals surface area contributed by atoms with Crippen molar-refractivity contribution in [3.05, 3.63) is 41.8 Å². The second-order valence-electron chi connectivity index (χ2n) is 5.71. The molecule has 1 unspecified atom stereocenters. The third kappa shape index (κ3) is 3.37. The highest BCUT2D eigenvalue weighted by molar-refractivity contribution is 6.06. The Morgan fingerprint density at radius 2 is 2.22 bits per heavy atom. The zero-order valence-corrected chi connectivity index (χ0v) is 13.2. The van der Waals surface area contributed by atoms with Gasteiger partial charge in [-0.05, 0) is 37.5 Å². The number of carbonyl (C=O) groups is 1. The van der Waals surface area contributed by atoms with Crippen LogP contribution in [0.15, 0.2) is 41.8 Å². The van der Waals surface area contributed by atoms with Gasteiger partial charge in [-0.25, -0.2) is 4.98 Å². The molecule has 1 aromatic heterocycles. The molecule has 0 saturated carbocycles.